The number of benzene rings is 2. The van der Waals surface area contributed by atoms with Gasteiger partial charge in [-0.3, -0.25) is 0 Å². The normalized spacial score (nSPS) is 13.5. The van der Waals surface area contributed by atoms with Gasteiger partial charge < -0.3 is 13.6 Å². The van der Waals surface area contributed by atoms with E-state index in [1.54, 1.807) is 13.4 Å². The fraction of sp³-hybridized carbons (Fsp3) is 0.227. The Morgan fingerprint density at radius 2 is 1.92 bits per heavy atom. The van der Waals surface area contributed by atoms with E-state index in [1.165, 1.54) is 0 Å². The molecule has 130 valence electrons. The average Bonchev–Trinajstić information content (AvgIpc) is 3.29. The summed E-state index contributed by atoms with van der Waals surface area (Å²) in [5.74, 6) is 0.808. The molecule has 2 heterocycles. The zero-order valence-electron chi connectivity index (χ0n) is 14.7. The van der Waals surface area contributed by atoms with Crippen LogP contribution in [0.5, 0.6) is 5.75 Å². The molecule has 4 heteroatoms. The molecule has 4 aromatic rings. The lowest BCUT2D eigenvalue weighted by Crippen LogP contribution is -2.07. The lowest BCUT2D eigenvalue weighted by Gasteiger charge is -2.08. The molecule has 0 atom stereocenters. The summed E-state index contributed by atoms with van der Waals surface area (Å²) in [4.78, 5) is 12.3. The molecule has 1 aliphatic carbocycles. The van der Waals surface area contributed by atoms with Gasteiger partial charge in [0.05, 0.1) is 18.8 Å². The zero-order valence-corrected chi connectivity index (χ0v) is 14.7. The molecule has 0 radical (unpaired) electrons. The van der Waals surface area contributed by atoms with Crippen molar-refractivity contribution in [3.05, 3.63) is 63.7 Å². The molecule has 0 amide bonds. The largest absolute Gasteiger partial charge is 0.497 e. The summed E-state index contributed by atoms with van der Waals surface area (Å²) in [5, 5.41) is 2.01. The fourth-order valence-electron chi connectivity index (χ4n) is 4.16. The van der Waals surface area contributed by atoms with E-state index in [0.29, 0.717) is 5.58 Å². The van der Waals surface area contributed by atoms with Crippen molar-refractivity contribution in [1.29, 1.82) is 0 Å². The van der Waals surface area contributed by atoms with Crippen LogP contribution in [0.3, 0.4) is 0 Å². The summed E-state index contributed by atoms with van der Waals surface area (Å²) in [6.45, 7) is 2.02. The summed E-state index contributed by atoms with van der Waals surface area (Å²) < 4.78 is 17.0. The monoisotopic (exact) mass is 346 g/mol. The molecular weight excluding hydrogens is 328 g/mol. The van der Waals surface area contributed by atoms with Gasteiger partial charge in [0, 0.05) is 16.5 Å². The van der Waals surface area contributed by atoms with E-state index in [4.69, 9.17) is 13.6 Å². The van der Waals surface area contributed by atoms with Crippen molar-refractivity contribution in [2.24, 2.45) is 0 Å². The Balaban J connectivity index is 1.88. The molecule has 0 fully saturated rings. The fourth-order valence-corrected chi connectivity index (χ4v) is 4.16. The van der Waals surface area contributed by atoms with Gasteiger partial charge in [0.1, 0.15) is 16.9 Å². The molecular formula is C22H18O4. The highest BCUT2D eigenvalue weighted by molar-refractivity contribution is 6.11. The highest BCUT2D eigenvalue weighted by Crippen LogP contribution is 2.40. The van der Waals surface area contributed by atoms with E-state index in [0.717, 1.165) is 69.2 Å². The Kier molecular flexibility index (Phi) is 3.23. The molecule has 1 aliphatic rings. The van der Waals surface area contributed by atoms with Gasteiger partial charge in [-0.1, -0.05) is 12.1 Å². The number of methoxy groups -OCH3 is 1. The Hall–Kier alpha value is -3.01. The first kappa shape index (κ1) is 15.3. The van der Waals surface area contributed by atoms with E-state index in [-0.39, 0.29) is 5.63 Å². The highest BCUT2D eigenvalue weighted by atomic mass is 16.5. The van der Waals surface area contributed by atoms with Gasteiger partial charge in [0.15, 0.2) is 0 Å². The van der Waals surface area contributed by atoms with E-state index in [9.17, 15) is 4.79 Å². The maximum atomic E-state index is 12.3. The second-order valence-corrected chi connectivity index (χ2v) is 6.85. The Morgan fingerprint density at radius 3 is 2.77 bits per heavy atom. The van der Waals surface area contributed by atoms with Crippen molar-refractivity contribution in [2.75, 3.05) is 7.11 Å². The minimum Gasteiger partial charge on any atom is -0.497 e. The Morgan fingerprint density at radius 1 is 1.08 bits per heavy atom. The van der Waals surface area contributed by atoms with E-state index in [2.05, 4.69) is 0 Å². The molecule has 2 aromatic carbocycles. The van der Waals surface area contributed by atoms with Gasteiger partial charge in [-0.25, -0.2) is 4.79 Å². The van der Waals surface area contributed by atoms with Crippen molar-refractivity contribution in [2.45, 2.75) is 26.2 Å². The predicted octanol–water partition coefficient (Wildman–Crippen LogP) is 5.01. The van der Waals surface area contributed by atoms with Crippen LogP contribution in [-0.2, 0) is 12.8 Å². The molecule has 0 unspecified atom stereocenters. The molecule has 0 bridgehead atoms. The van der Waals surface area contributed by atoms with Crippen molar-refractivity contribution in [1.82, 2.24) is 0 Å². The Bertz CT molecular complexity index is 1230. The lowest BCUT2D eigenvalue weighted by molar-refractivity contribution is 0.415. The number of furan rings is 1. The van der Waals surface area contributed by atoms with E-state index in [1.807, 2.05) is 37.3 Å². The summed E-state index contributed by atoms with van der Waals surface area (Å²) in [6, 6.07) is 9.90. The first-order chi connectivity index (χ1) is 12.7. The second kappa shape index (κ2) is 5.49. The number of aryl methyl sites for hydroxylation is 2. The van der Waals surface area contributed by atoms with Crippen molar-refractivity contribution >= 4 is 21.9 Å². The van der Waals surface area contributed by atoms with Gasteiger partial charge in [-0.15, -0.1) is 0 Å². The molecule has 0 saturated heterocycles. The number of fused-ring (bicyclic) bond motifs is 5. The van der Waals surface area contributed by atoms with Crippen LogP contribution in [0.4, 0.5) is 0 Å². The maximum absolute atomic E-state index is 12.3. The Labute approximate surface area is 150 Å². The van der Waals surface area contributed by atoms with Crippen LogP contribution in [0.1, 0.15) is 23.1 Å². The highest BCUT2D eigenvalue weighted by Gasteiger charge is 2.24. The van der Waals surface area contributed by atoms with Gasteiger partial charge in [0.2, 0.25) is 0 Å². The first-order valence-corrected chi connectivity index (χ1v) is 8.81. The van der Waals surface area contributed by atoms with Crippen LogP contribution < -0.4 is 10.4 Å². The molecule has 5 rings (SSSR count). The van der Waals surface area contributed by atoms with Crippen LogP contribution in [0.25, 0.3) is 33.1 Å². The molecule has 0 saturated carbocycles. The smallest absolute Gasteiger partial charge is 0.339 e. The number of hydrogen-bond donors (Lipinski definition) is 0. The summed E-state index contributed by atoms with van der Waals surface area (Å²) in [7, 11) is 1.66. The summed E-state index contributed by atoms with van der Waals surface area (Å²) in [6.07, 6.45) is 4.45. The summed E-state index contributed by atoms with van der Waals surface area (Å²) in [5.41, 5.74) is 6.21. The third-order valence-corrected chi connectivity index (χ3v) is 5.36. The van der Waals surface area contributed by atoms with Crippen LogP contribution in [0.15, 0.2) is 50.2 Å². The minimum absolute atomic E-state index is 0.205. The molecule has 2 aromatic heterocycles. The quantitative estimate of drug-likeness (QED) is 0.479. The predicted molar refractivity (Wildman–Crippen MR) is 101 cm³/mol. The van der Waals surface area contributed by atoms with Crippen molar-refractivity contribution in [3.8, 4) is 16.9 Å². The number of hydrogen-bond acceptors (Lipinski definition) is 4. The molecule has 4 nitrogen and oxygen atoms in total. The van der Waals surface area contributed by atoms with Gasteiger partial charge >= 0.3 is 5.63 Å². The zero-order chi connectivity index (χ0) is 17.8. The number of rotatable bonds is 2. The molecule has 0 aliphatic heterocycles. The van der Waals surface area contributed by atoms with Gasteiger partial charge in [-0.05, 0) is 61.1 Å². The van der Waals surface area contributed by atoms with Crippen LogP contribution >= 0.6 is 0 Å². The second-order valence-electron chi connectivity index (χ2n) is 6.85. The topological polar surface area (TPSA) is 52.6 Å². The third kappa shape index (κ3) is 2.05. The molecule has 0 N–H and O–H groups in total. The summed E-state index contributed by atoms with van der Waals surface area (Å²) >= 11 is 0. The van der Waals surface area contributed by atoms with E-state index < -0.39 is 0 Å². The first-order valence-electron chi connectivity index (χ1n) is 8.81. The van der Waals surface area contributed by atoms with Crippen molar-refractivity contribution < 1.29 is 13.6 Å². The van der Waals surface area contributed by atoms with Gasteiger partial charge in [-0.2, -0.15) is 0 Å². The van der Waals surface area contributed by atoms with Crippen LogP contribution in [-0.4, -0.2) is 7.11 Å². The van der Waals surface area contributed by atoms with Crippen molar-refractivity contribution in [3.63, 3.8) is 0 Å². The maximum Gasteiger partial charge on any atom is 0.339 e. The molecule has 0 spiro atoms. The van der Waals surface area contributed by atoms with Crippen LogP contribution in [0, 0.1) is 6.92 Å². The SMILES string of the molecule is COc1cccc(-c2coc3c2c(C)cc2oc(=O)c4c(c23)CCC4)c1. The number of ether oxygens (including phenoxy) is 1. The standard InChI is InChI=1S/C22H18O4/c1-12-9-18-20(15-7-4-8-16(15)22(23)26-18)21-19(12)17(11-25-21)13-5-3-6-14(10-13)24-2/h3,5-6,9-11H,4,7-8H2,1-2H3. The average molecular weight is 346 g/mol. The van der Waals surface area contributed by atoms with Gasteiger partial charge in [0.25, 0.3) is 0 Å². The van der Waals surface area contributed by atoms with E-state index >= 15 is 0 Å². The third-order valence-electron chi connectivity index (χ3n) is 5.36. The lowest BCUT2D eigenvalue weighted by atomic mass is 9.97. The van der Waals surface area contributed by atoms with Crippen LogP contribution in [0.2, 0.25) is 0 Å². The minimum atomic E-state index is -0.205. The molecule has 26 heavy (non-hydrogen) atoms.